The Kier molecular flexibility index (Phi) is 1.82. The Morgan fingerprint density at radius 3 is 3.12 bits per heavy atom. The number of H-pyrrole nitrogens is 2. The summed E-state index contributed by atoms with van der Waals surface area (Å²) in [5.74, 6) is 1.55. The fourth-order valence-electron chi connectivity index (χ4n) is 1.96. The van der Waals surface area contributed by atoms with Gasteiger partial charge in [0, 0.05) is 25.4 Å². The van der Waals surface area contributed by atoms with Crippen LogP contribution in [0.2, 0.25) is 0 Å². The van der Waals surface area contributed by atoms with Crippen LogP contribution in [0.3, 0.4) is 0 Å². The molecule has 1 aliphatic rings. The van der Waals surface area contributed by atoms with Gasteiger partial charge in [-0.15, -0.1) is 0 Å². The highest BCUT2D eigenvalue weighted by Crippen LogP contribution is 2.26. The highest BCUT2D eigenvalue weighted by Gasteiger charge is 2.18. The summed E-state index contributed by atoms with van der Waals surface area (Å²) in [5.41, 5.74) is 1.74. The van der Waals surface area contributed by atoms with Gasteiger partial charge in [0.25, 0.3) is 0 Å². The largest absolute Gasteiger partial charge is 0.359 e. The molecule has 0 amide bonds. The number of hydrogen-bond acceptors (Lipinski definition) is 4. The van der Waals surface area contributed by atoms with Crippen molar-refractivity contribution < 1.29 is 0 Å². The maximum Gasteiger partial charge on any atom is 0.340 e. The number of fused-ring (bicyclic) bond motifs is 1. The Bertz CT molecular complexity index is 585. The summed E-state index contributed by atoms with van der Waals surface area (Å²) in [6.45, 7) is 0.989. The number of likely N-dealkylation sites (N-methyl/N-ethyl adjacent to an activating group) is 1. The van der Waals surface area contributed by atoms with Crippen LogP contribution >= 0.6 is 0 Å². The van der Waals surface area contributed by atoms with E-state index in [-0.39, 0.29) is 5.69 Å². The molecular formula is C10H11N5O. The van der Waals surface area contributed by atoms with Gasteiger partial charge in [0.1, 0.15) is 5.82 Å². The number of nitrogens with zero attached hydrogens (tertiary/aromatic N) is 3. The molecule has 6 heteroatoms. The predicted octanol–water partition coefficient (Wildman–Crippen LogP) is 0.152. The van der Waals surface area contributed by atoms with Gasteiger partial charge in [0.05, 0.1) is 0 Å². The van der Waals surface area contributed by atoms with Crippen LogP contribution in [0.4, 0.5) is 5.82 Å². The van der Waals surface area contributed by atoms with Crippen LogP contribution in [-0.2, 0) is 6.42 Å². The van der Waals surface area contributed by atoms with Gasteiger partial charge in [0.2, 0.25) is 0 Å². The second-order valence-corrected chi connectivity index (χ2v) is 3.90. The van der Waals surface area contributed by atoms with Crippen molar-refractivity contribution in [1.29, 1.82) is 0 Å². The second-order valence-electron chi connectivity index (χ2n) is 3.90. The molecule has 0 saturated heterocycles. The minimum Gasteiger partial charge on any atom is -0.359 e. The lowest BCUT2D eigenvalue weighted by Gasteiger charge is -2.09. The number of aromatic nitrogens is 4. The van der Waals surface area contributed by atoms with Crippen molar-refractivity contribution in [3.63, 3.8) is 0 Å². The summed E-state index contributed by atoms with van der Waals surface area (Å²) < 4.78 is 0. The summed E-state index contributed by atoms with van der Waals surface area (Å²) in [5, 5.41) is 6.23. The monoisotopic (exact) mass is 217 g/mol. The Morgan fingerprint density at radius 1 is 1.50 bits per heavy atom. The van der Waals surface area contributed by atoms with E-state index in [1.165, 1.54) is 5.56 Å². The zero-order valence-electron chi connectivity index (χ0n) is 8.82. The van der Waals surface area contributed by atoms with Crippen molar-refractivity contribution in [3.05, 3.63) is 28.3 Å². The van der Waals surface area contributed by atoms with E-state index in [1.54, 1.807) is 6.20 Å². The average molecular weight is 217 g/mol. The third-order valence-corrected chi connectivity index (χ3v) is 2.80. The first-order valence-electron chi connectivity index (χ1n) is 5.09. The molecule has 0 spiro atoms. The predicted molar refractivity (Wildman–Crippen MR) is 59.4 cm³/mol. The van der Waals surface area contributed by atoms with Crippen molar-refractivity contribution >= 4 is 5.82 Å². The highest BCUT2D eigenvalue weighted by atomic mass is 16.1. The van der Waals surface area contributed by atoms with E-state index in [9.17, 15) is 4.79 Å². The van der Waals surface area contributed by atoms with Gasteiger partial charge in [-0.25, -0.2) is 14.9 Å². The Morgan fingerprint density at radius 2 is 2.38 bits per heavy atom. The summed E-state index contributed by atoms with van der Waals surface area (Å²) in [7, 11) is 2.02. The van der Waals surface area contributed by atoms with Gasteiger partial charge in [-0.05, 0) is 18.1 Å². The zero-order valence-corrected chi connectivity index (χ0v) is 8.82. The van der Waals surface area contributed by atoms with E-state index in [0.717, 1.165) is 24.3 Å². The molecule has 0 radical (unpaired) electrons. The van der Waals surface area contributed by atoms with Crippen LogP contribution in [0.25, 0.3) is 11.4 Å². The second kappa shape index (κ2) is 3.19. The van der Waals surface area contributed by atoms with Gasteiger partial charge in [0.15, 0.2) is 5.82 Å². The van der Waals surface area contributed by atoms with Crippen LogP contribution in [0, 0.1) is 0 Å². The van der Waals surface area contributed by atoms with Crippen LogP contribution in [0.15, 0.2) is 17.1 Å². The average Bonchev–Trinajstić information content (AvgIpc) is 2.86. The molecule has 0 aromatic carbocycles. The van der Waals surface area contributed by atoms with Crippen molar-refractivity contribution in [2.75, 3.05) is 18.5 Å². The summed E-state index contributed by atoms with van der Waals surface area (Å²) in [6.07, 6.45) is 2.72. The normalized spacial score (nSPS) is 14.2. The molecule has 0 fully saturated rings. The first-order chi connectivity index (χ1) is 7.74. The van der Waals surface area contributed by atoms with Crippen LogP contribution in [0.5, 0.6) is 0 Å². The maximum atomic E-state index is 10.9. The van der Waals surface area contributed by atoms with Gasteiger partial charge in [-0.2, -0.15) is 5.10 Å². The van der Waals surface area contributed by atoms with E-state index in [4.69, 9.17) is 0 Å². The molecule has 16 heavy (non-hydrogen) atoms. The van der Waals surface area contributed by atoms with Crippen molar-refractivity contribution in [1.82, 2.24) is 20.2 Å². The first-order valence-corrected chi connectivity index (χ1v) is 5.09. The molecule has 82 valence electrons. The van der Waals surface area contributed by atoms with Crippen LogP contribution in [-0.4, -0.2) is 33.8 Å². The third kappa shape index (κ3) is 1.30. The molecule has 6 nitrogen and oxygen atoms in total. The quantitative estimate of drug-likeness (QED) is 0.713. The van der Waals surface area contributed by atoms with Crippen LogP contribution < -0.4 is 10.6 Å². The lowest BCUT2D eigenvalue weighted by molar-refractivity contribution is 0.945. The summed E-state index contributed by atoms with van der Waals surface area (Å²) in [6, 6.07) is 2.03. The standard InChI is InChI=1S/C10H11N5O/c1-15-3-2-6-4-7(5-11-9(6)15)8-12-10(16)14-13-8/h4-5H,2-3H2,1H3,(H2,12,13,14,16). The van der Waals surface area contributed by atoms with E-state index in [2.05, 4.69) is 25.1 Å². The topological polar surface area (TPSA) is 77.7 Å². The number of anilines is 1. The molecule has 0 atom stereocenters. The van der Waals surface area contributed by atoms with Crippen LogP contribution in [0.1, 0.15) is 5.56 Å². The van der Waals surface area contributed by atoms with Crippen molar-refractivity contribution in [2.24, 2.45) is 0 Å². The highest BCUT2D eigenvalue weighted by molar-refractivity contribution is 5.61. The van der Waals surface area contributed by atoms with E-state index < -0.39 is 0 Å². The minimum atomic E-state index is -0.299. The van der Waals surface area contributed by atoms with Gasteiger partial charge < -0.3 is 4.90 Å². The molecule has 0 aliphatic carbocycles. The lowest BCUT2D eigenvalue weighted by Crippen LogP contribution is -2.13. The summed E-state index contributed by atoms with van der Waals surface area (Å²) >= 11 is 0. The molecule has 2 aromatic heterocycles. The third-order valence-electron chi connectivity index (χ3n) is 2.80. The maximum absolute atomic E-state index is 10.9. The number of nitrogens with one attached hydrogen (secondary N) is 2. The molecule has 3 heterocycles. The number of pyridine rings is 1. The molecule has 0 saturated carbocycles. The fraction of sp³-hybridized carbons (Fsp3) is 0.300. The Balaban J connectivity index is 2.08. The molecular weight excluding hydrogens is 206 g/mol. The van der Waals surface area contributed by atoms with E-state index in [1.807, 2.05) is 13.1 Å². The molecule has 1 aliphatic heterocycles. The molecule has 3 rings (SSSR count). The van der Waals surface area contributed by atoms with Gasteiger partial charge in [-0.1, -0.05) is 0 Å². The summed E-state index contributed by atoms with van der Waals surface area (Å²) in [4.78, 5) is 20.1. The van der Waals surface area contributed by atoms with E-state index in [0.29, 0.717) is 5.82 Å². The number of hydrogen-bond donors (Lipinski definition) is 2. The first kappa shape index (κ1) is 9.14. The fourth-order valence-corrected chi connectivity index (χ4v) is 1.96. The number of aromatic amines is 2. The Hall–Kier alpha value is -2.11. The molecule has 2 aromatic rings. The lowest BCUT2D eigenvalue weighted by atomic mass is 10.1. The van der Waals surface area contributed by atoms with Crippen molar-refractivity contribution in [2.45, 2.75) is 6.42 Å². The Labute approximate surface area is 91.3 Å². The zero-order chi connectivity index (χ0) is 11.1. The van der Waals surface area contributed by atoms with Crippen molar-refractivity contribution in [3.8, 4) is 11.4 Å². The molecule has 2 N–H and O–H groups in total. The molecule has 0 bridgehead atoms. The van der Waals surface area contributed by atoms with Gasteiger partial charge >= 0.3 is 5.69 Å². The minimum absolute atomic E-state index is 0.299. The SMILES string of the molecule is CN1CCc2cc(-c3n[nH]c(=O)[nH]3)cnc21. The number of rotatable bonds is 1. The van der Waals surface area contributed by atoms with Gasteiger partial charge in [-0.3, -0.25) is 4.98 Å². The molecule has 0 unspecified atom stereocenters. The smallest absolute Gasteiger partial charge is 0.340 e. The van der Waals surface area contributed by atoms with E-state index >= 15 is 0 Å².